The van der Waals surface area contributed by atoms with Crippen molar-refractivity contribution in [1.82, 2.24) is 4.90 Å². The number of hydrogen-bond donors (Lipinski definition) is 2. The largest absolute Gasteiger partial charge is 0.507 e. The minimum absolute atomic E-state index is 0.0264. The molecule has 3 N–H and O–H groups in total. The van der Waals surface area contributed by atoms with Crippen molar-refractivity contribution in [2.24, 2.45) is 16.0 Å². The van der Waals surface area contributed by atoms with Crippen molar-refractivity contribution in [3.05, 3.63) is 59.2 Å². The molecule has 8 nitrogen and oxygen atoms in total. The van der Waals surface area contributed by atoms with Gasteiger partial charge in [0.25, 0.3) is 15.9 Å². The van der Waals surface area contributed by atoms with Crippen LogP contribution in [0.25, 0.3) is 0 Å². The van der Waals surface area contributed by atoms with Crippen LogP contribution < -0.4 is 10.5 Å². The van der Waals surface area contributed by atoms with Gasteiger partial charge in [0.05, 0.1) is 23.5 Å². The van der Waals surface area contributed by atoms with Crippen LogP contribution in [-0.2, 0) is 15.8 Å². The van der Waals surface area contributed by atoms with E-state index in [1.54, 1.807) is 41.3 Å². The summed E-state index contributed by atoms with van der Waals surface area (Å²) < 4.78 is 33.2. The summed E-state index contributed by atoms with van der Waals surface area (Å²) in [6.07, 6.45) is 1.74. The van der Waals surface area contributed by atoms with Crippen molar-refractivity contribution >= 4 is 21.8 Å². The summed E-state index contributed by atoms with van der Waals surface area (Å²) in [7, 11) is -3.60. The number of phenolic OH excluding ortho intramolecular Hbond substituents is 1. The molecule has 1 saturated heterocycles. The minimum Gasteiger partial charge on any atom is -0.507 e. The molecule has 30 heavy (non-hydrogen) atoms. The zero-order chi connectivity index (χ0) is 21.3. The van der Waals surface area contributed by atoms with Crippen LogP contribution in [0, 0.1) is 5.92 Å². The van der Waals surface area contributed by atoms with Gasteiger partial charge in [-0.25, -0.2) is 8.42 Å². The summed E-state index contributed by atoms with van der Waals surface area (Å²) in [6, 6.07) is 11.7. The molecule has 0 saturated carbocycles. The number of fused-ring (bicyclic) bond motifs is 1. The maximum atomic E-state index is 12.8. The molecule has 0 radical (unpaired) electrons. The van der Waals surface area contributed by atoms with Gasteiger partial charge in [-0.1, -0.05) is 24.3 Å². The molecule has 1 atom stereocenters. The fraction of sp³-hybridized carbons (Fsp3) is 0.333. The minimum atomic E-state index is -3.60. The van der Waals surface area contributed by atoms with E-state index in [9.17, 15) is 18.3 Å². The molecule has 0 bridgehead atoms. The fourth-order valence-electron chi connectivity index (χ4n) is 3.95. The number of piperidine rings is 1. The molecule has 0 spiro atoms. The van der Waals surface area contributed by atoms with Gasteiger partial charge in [0.2, 0.25) is 0 Å². The van der Waals surface area contributed by atoms with Crippen LogP contribution in [0.4, 0.5) is 0 Å². The number of phenols is 1. The Balaban J connectivity index is 1.45. The number of aromatic hydroxyl groups is 1. The van der Waals surface area contributed by atoms with E-state index in [1.165, 1.54) is 6.07 Å². The highest BCUT2D eigenvalue weighted by atomic mass is 32.2. The zero-order valence-corrected chi connectivity index (χ0v) is 17.1. The predicted octanol–water partition coefficient (Wildman–Crippen LogP) is 1.87. The van der Waals surface area contributed by atoms with Gasteiger partial charge >= 0.3 is 0 Å². The number of nitrogens with zero attached hydrogens (tertiary/aromatic N) is 2. The molecule has 2 aliphatic heterocycles. The Morgan fingerprint density at radius 3 is 2.83 bits per heavy atom. The molecular formula is C21H23N3O5S. The van der Waals surface area contributed by atoms with Gasteiger partial charge < -0.3 is 20.5 Å². The monoisotopic (exact) mass is 429 g/mol. The third-order valence-corrected chi connectivity index (χ3v) is 6.51. The van der Waals surface area contributed by atoms with E-state index in [-0.39, 0.29) is 29.2 Å². The molecule has 2 aromatic carbocycles. The standard InChI is InChI=1S/C21H23N3O5S/c22-20-19-15(13-30(27,28)23-20)6-3-9-18(19)29-12-14-5-4-10-24(11-14)21(26)16-7-1-2-8-17(16)25/h1-3,6-9,14,25H,4-5,10-13H2,(H2,22,23)/t14-/m0/s1. The van der Waals surface area contributed by atoms with E-state index in [4.69, 9.17) is 10.5 Å². The van der Waals surface area contributed by atoms with E-state index in [0.717, 1.165) is 12.8 Å². The lowest BCUT2D eigenvalue weighted by Gasteiger charge is -2.33. The average Bonchev–Trinajstić information content (AvgIpc) is 2.71. The number of hydrogen-bond acceptors (Lipinski definition) is 6. The van der Waals surface area contributed by atoms with Gasteiger partial charge in [-0.3, -0.25) is 4.79 Å². The number of likely N-dealkylation sites (tertiary alicyclic amines) is 1. The van der Waals surface area contributed by atoms with Gasteiger partial charge in [0.1, 0.15) is 17.3 Å². The van der Waals surface area contributed by atoms with Crippen LogP contribution >= 0.6 is 0 Å². The molecular weight excluding hydrogens is 406 g/mol. The number of sulfonamides is 1. The van der Waals surface area contributed by atoms with Gasteiger partial charge in [-0.05, 0) is 36.6 Å². The molecule has 0 aromatic heterocycles. The second-order valence-electron chi connectivity index (χ2n) is 7.58. The van der Waals surface area contributed by atoms with Crippen molar-refractivity contribution in [3.8, 4) is 11.5 Å². The van der Waals surface area contributed by atoms with Gasteiger partial charge in [0, 0.05) is 19.0 Å². The number of ether oxygens (including phenoxy) is 1. The van der Waals surface area contributed by atoms with Crippen molar-refractivity contribution in [2.75, 3.05) is 19.7 Å². The molecule has 158 valence electrons. The molecule has 2 heterocycles. The van der Waals surface area contributed by atoms with Crippen LogP contribution in [0.3, 0.4) is 0 Å². The zero-order valence-electron chi connectivity index (χ0n) is 16.3. The SMILES string of the molecule is NC1=NS(=O)(=O)Cc2cccc(OC[C@H]3CCCN(C(=O)c4ccccc4O)C3)c21. The van der Waals surface area contributed by atoms with Gasteiger partial charge in [-0.15, -0.1) is 4.40 Å². The first-order valence-electron chi connectivity index (χ1n) is 9.74. The Morgan fingerprint density at radius 1 is 1.23 bits per heavy atom. The highest BCUT2D eigenvalue weighted by molar-refractivity contribution is 7.89. The molecule has 1 amide bonds. The molecule has 0 aliphatic carbocycles. The van der Waals surface area contributed by atoms with Crippen molar-refractivity contribution in [2.45, 2.75) is 18.6 Å². The van der Waals surface area contributed by atoms with Crippen LogP contribution in [0.5, 0.6) is 11.5 Å². The van der Waals surface area contributed by atoms with Crippen LogP contribution in [-0.4, -0.2) is 49.9 Å². The Morgan fingerprint density at radius 2 is 2.03 bits per heavy atom. The summed E-state index contributed by atoms with van der Waals surface area (Å²) in [5.74, 6) is 0.111. The number of para-hydroxylation sites is 1. The van der Waals surface area contributed by atoms with Crippen molar-refractivity contribution < 1.29 is 23.1 Å². The number of carbonyl (C=O) groups excluding carboxylic acids is 1. The number of nitrogens with two attached hydrogens (primary N) is 1. The van der Waals surface area contributed by atoms with E-state index in [0.29, 0.717) is 42.1 Å². The Kier molecular flexibility index (Phi) is 5.38. The lowest BCUT2D eigenvalue weighted by Crippen LogP contribution is -2.41. The van der Waals surface area contributed by atoms with E-state index in [1.807, 2.05) is 0 Å². The van der Waals surface area contributed by atoms with Crippen LogP contribution in [0.15, 0.2) is 46.9 Å². The normalized spacial score (nSPS) is 20.2. The van der Waals surface area contributed by atoms with E-state index < -0.39 is 10.0 Å². The molecule has 2 aromatic rings. The van der Waals surface area contributed by atoms with Crippen LogP contribution in [0.1, 0.15) is 34.3 Å². The lowest BCUT2D eigenvalue weighted by atomic mass is 9.98. The quantitative estimate of drug-likeness (QED) is 0.765. The van der Waals surface area contributed by atoms with Gasteiger partial charge in [0.15, 0.2) is 0 Å². The van der Waals surface area contributed by atoms with Crippen molar-refractivity contribution in [1.29, 1.82) is 0 Å². The maximum absolute atomic E-state index is 12.8. The number of benzene rings is 2. The summed E-state index contributed by atoms with van der Waals surface area (Å²) in [5, 5.41) is 9.97. The third-order valence-electron chi connectivity index (χ3n) is 5.36. The Hall–Kier alpha value is -3.07. The topological polar surface area (TPSA) is 122 Å². The number of amidine groups is 1. The molecule has 1 fully saturated rings. The summed E-state index contributed by atoms with van der Waals surface area (Å²) >= 11 is 0. The number of amides is 1. The Labute approximate surface area is 175 Å². The Bertz CT molecular complexity index is 1110. The van der Waals surface area contributed by atoms with Crippen molar-refractivity contribution in [3.63, 3.8) is 0 Å². The van der Waals surface area contributed by atoms with E-state index in [2.05, 4.69) is 4.40 Å². The lowest BCUT2D eigenvalue weighted by molar-refractivity contribution is 0.0630. The van der Waals surface area contributed by atoms with E-state index >= 15 is 0 Å². The molecule has 0 unspecified atom stereocenters. The average molecular weight is 429 g/mol. The first-order chi connectivity index (χ1) is 14.3. The first kappa shape index (κ1) is 20.2. The fourth-order valence-corrected chi connectivity index (χ4v) is 5.04. The van der Waals surface area contributed by atoms with Crippen LogP contribution in [0.2, 0.25) is 0 Å². The predicted molar refractivity (Wildman–Crippen MR) is 112 cm³/mol. The smallest absolute Gasteiger partial charge is 0.259 e. The molecule has 4 rings (SSSR count). The summed E-state index contributed by atoms with van der Waals surface area (Å²) in [6.45, 7) is 1.50. The maximum Gasteiger partial charge on any atom is 0.259 e. The number of carbonyl (C=O) groups is 1. The highest BCUT2D eigenvalue weighted by Gasteiger charge is 2.28. The summed E-state index contributed by atoms with van der Waals surface area (Å²) in [5.41, 5.74) is 7.27. The highest BCUT2D eigenvalue weighted by Crippen LogP contribution is 2.29. The third kappa shape index (κ3) is 4.11. The molecule has 2 aliphatic rings. The van der Waals surface area contributed by atoms with Gasteiger partial charge in [-0.2, -0.15) is 0 Å². The number of rotatable bonds is 4. The summed E-state index contributed by atoms with van der Waals surface area (Å²) in [4.78, 5) is 14.5. The first-order valence-corrected chi connectivity index (χ1v) is 11.4. The second kappa shape index (κ2) is 7.98. The second-order valence-corrected chi connectivity index (χ2v) is 9.22. The molecule has 9 heteroatoms.